The maximum Gasteiger partial charge on any atom is 0.335 e. The summed E-state index contributed by atoms with van der Waals surface area (Å²) in [6, 6.07) is 15.5. The van der Waals surface area contributed by atoms with Crippen LogP contribution in [0.5, 0.6) is 0 Å². The Labute approximate surface area is 133 Å². The number of ether oxygens (including phenoxy) is 1. The maximum atomic E-state index is 12.4. The van der Waals surface area contributed by atoms with Crippen molar-refractivity contribution in [3.63, 3.8) is 0 Å². The summed E-state index contributed by atoms with van der Waals surface area (Å²) in [6.07, 6.45) is 0. The Bertz CT molecular complexity index is 657. The molecule has 21 heavy (non-hydrogen) atoms. The van der Waals surface area contributed by atoms with Crippen molar-refractivity contribution in [2.45, 2.75) is 19.4 Å². The number of anilines is 1. The van der Waals surface area contributed by atoms with Crippen LogP contribution >= 0.6 is 15.9 Å². The molecule has 0 aromatic heterocycles. The molecule has 2 aromatic carbocycles. The standard InChI is InChI=1S/C17H18BrNO2/c1-12-8-4-5-9-13(12)17(2,16(20)21-3)19-15-11-7-6-10-14(15)18/h4-11,19H,1-3H3. The minimum absolute atomic E-state index is 0.326. The monoisotopic (exact) mass is 347 g/mol. The number of nitrogens with one attached hydrogen (secondary N) is 1. The van der Waals surface area contributed by atoms with Crippen LogP contribution in [0.15, 0.2) is 53.0 Å². The van der Waals surface area contributed by atoms with Gasteiger partial charge in [-0.1, -0.05) is 36.4 Å². The van der Waals surface area contributed by atoms with Crippen molar-refractivity contribution in [1.82, 2.24) is 0 Å². The second kappa shape index (κ2) is 6.31. The molecule has 4 heteroatoms. The van der Waals surface area contributed by atoms with Crippen molar-refractivity contribution in [1.29, 1.82) is 0 Å². The van der Waals surface area contributed by atoms with E-state index in [0.29, 0.717) is 0 Å². The van der Waals surface area contributed by atoms with Crippen LogP contribution in [-0.4, -0.2) is 13.1 Å². The number of hydrogen-bond donors (Lipinski definition) is 1. The summed E-state index contributed by atoms with van der Waals surface area (Å²) in [7, 11) is 1.40. The lowest BCUT2D eigenvalue weighted by Gasteiger charge is -2.31. The van der Waals surface area contributed by atoms with E-state index < -0.39 is 5.54 Å². The fourth-order valence-corrected chi connectivity index (χ4v) is 2.78. The van der Waals surface area contributed by atoms with E-state index in [1.165, 1.54) is 7.11 Å². The Morgan fingerprint density at radius 3 is 2.38 bits per heavy atom. The number of rotatable bonds is 4. The number of para-hydroxylation sites is 1. The van der Waals surface area contributed by atoms with E-state index in [2.05, 4.69) is 21.2 Å². The lowest BCUT2D eigenvalue weighted by molar-refractivity contribution is -0.145. The number of methoxy groups -OCH3 is 1. The molecule has 0 amide bonds. The van der Waals surface area contributed by atoms with Crippen molar-refractivity contribution >= 4 is 27.6 Å². The van der Waals surface area contributed by atoms with E-state index in [-0.39, 0.29) is 5.97 Å². The molecule has 0 aliphatic carbocycles. The third-order valence-electron chi connectivity index (χ3n) is 3.54. The average molecular weight is 348 g/mol. The molecule has 0 heterocycles. The number of hydrogen-bond acceptors (Lipinski definition) is 3. The molecule has 2 rings (SSSR count). The average Bonchev–Trinajstić information content (AvgIpc) is 2.49. The van der Waals surface area contributed by atoms with Gasteiger partial charge < -0.3 is 10.1 Å². The first-order valence-electron chi connectivity index (χ1n) is 6.66. The SMILES string of the molecule is COC(=O)C(C)(Nc1ccccc1Br)c1ccccc1C. The highest BCUT2D eigenvalue weighted by Crippen LogP contribution is 2.32. The highest BCUT2D eigenvalue weighted by atomic mass is 79.9. The molecule has 1 atom stereocenters. The van der Waals surface area contributed by atoms with E-state index in [1.807, 2.05) is 62.4 Å². The molecule has 1 N–H and O–H groups in total. The number of aryl methyl sites for hydroxylation is 1. The van der Waals surface area contributed by atoms with Gasteiger partial charge in [0, 0.05) is 10.2 Å². The smallest absolute Gasteiger partial charge is 0.335 e. The highest BCUT2D eigenvalue weighted by molar-refractivity contribution is 9.10. The zero-order valence-corrected chi connectivity index (χ0v) is 13.9. The molecular weight excluding hydrogens is 330 g/mol. The van der Waals surface area contributed by atoms with Gasteiger partial charge in [-0.2, -0.15) is 0 Å². The zero-order chi connectivity index (χ0) is 15.5. The van der Waals surface area contributed by atoms with Gasteiger partial charge in [-0.25, -0.2) is 4.79 Å². The molecule has 0 bridgehead atoms. The Kier molecular flexibility index (Phi) is 4.68. The lowest BCUT2D eigenvalue weighted by Crippen LogP contribution is -2.42. The first-order valence-corrected chi connectivity index (χ1v) is 7.45. The van der Waals surface area contributed by atoms with Gasteiger partial charge in [-0.3, -0.25) is 0 Å². The first kappa shape index (κ1) is 15.6. The number of carbonyl (C=O) groups is 1. The summed E-state index contributed by atoms with van der Waals surface area (Å²) in [4.78, 5) is 12.4. The quantitative estimate of drug-likeness (QED) is 0.839. The Morgan fingerprint density at radius 2 is 1.76 bits per heavy atom. The molecule has 0 saturated carbocycles. The normalized spacial score (nSPS) is 13.3. The minimum atomic E-state index is -0.954. The summed E-state index contributed by atoms with van der Waals surface area (Å²) in [5.41, 5.74) is 1.82. The van der Waals surface area contributed by atoms with Crippen LogP contribution in [0.2, 0.25) is 0 Å². The van der Waals surface area contributed by atoms with Crippen molar-refractivity contribution in [2.24, 2.45) is 0 Å². The van der Waals surface area contributed by atoms with Crippen molar-refractivity contribution in [3.8, 4) is 0 Å². The number of esters is 1. The largest absolute Gasteiger partial charge is 0.467 e. The molecule has 0 saturated heterocycles. The third kappa shape index (κ3) is 3.10. The predicted octanol–water partition coefficient (Wildman–Crippen LogP) is 4.26. The molecule has 3 nitrogen and oxygen atoms in total. The van der Waals surface area contributed by atoms with E-state index in [1.54, 1.807) is 0 Å². The Balaban J connectivity index is 2.51. The summed E-state index contributed by atoms with van der Waals surface area (Å²) in [5, 5.41) is 3.31. The highest BCUT2D eigenvalue weighted by Gasteiger charge is 2.37. The molecule has 0 radical (unpaired) electrons. The Hall–Kier alpha value is -1.81. The summed E-state index contributed by atoms with van der Waals surface area (Å²) in [6.45, 7) is 3.82. The fourth-order valence-electron chi connectivity index (χ4n) is 2.40. The first-order chi connectivity index (χ1) is 9.99. The molecule has 1 unspecified atom stereocenters. The summed E-state index contributed by atoms with van der Waals surface area (Å²) in [5.74, 6) is -0.326. The van der Waals surface area contributed by atoms with Gasteiger partial charge in [0.05, 0.1) is 7.11 Å². The van der Waals surface area contributed by atoms with Crippen molar-refractivity contribution in [2.75, 3.05) is 12.4 Å². The van der Waals surface area contributed by atoms with E-state index in [0.717, 1.165) is 21.3 Å². The van der Waals surface area contributed by atoms with Crippen LogP contribution in [0, 0.1) is 6.92 Å². The topological polar surface area (TPSA) is 38.3 Å². The van der Waals surface area contributed by atoms with Gasteiger partial charge in [-0.05, 0) is 53.0 Å². The number of carbonyl (C=O) groups excluding carboxylic acids is 1. The van der Waals surface area contributed by atoms with Crippen molar-refractivity contribution in [3.05, 3.63) is 64.1 Å². The van der Waals surface area contributed by atoms with E-state index >= 15 is 0 Å². The second-order valence-corrected chi connectivity index (χ2v) is 5.89. The summed E-state index contributed by atoms with van der Waals surface area (Å²) < 4.78 is 5.92. The van der Waals surface area contributed by atoms with Crippen LogP contribution < -0.4 is 5.32 Å². The molecule has 0 aliphatic heterocycles. The van der Waals surface area contributed by atoms with Gasteiger partial charge in [0.25, 0.3) is 0 Å². The maximum absolute atomic E-state index is 12.4. The Morgan fingerprint density at radius 1 is 1.14 bits per heavy atom. The van der Waals surface area contributed by atoms with Gasteiger partial charge in [0.2, 0.25) is 0 Å². The lowest BCUT2D eigenvalue weighted by atomic mass is 9.88. The van der Waals surface area contributed by atoms with Gasteiger partial charge in [0.15, 0.2) is 5.54 Å². The van der Waals surface area contributed by atoms with Gasteiger partial charge in [0.1, 0.15) is 0 Å². The second-order valence-electron chi connectivity index (χ2n) is 5.04. The van der Waals surface area contributed by atoms with Crippen LogP contribution in [-0.2, 0) is 15.1 Å². The van der Waals surface area contributed by atoms with Crippen LogP contribution in [0.4, 0.5) is 5.69 Å². The van der Waals surface area contributed by atoms with Gasteiger partial charge >= 0.3 is 5.97 Å². The third-order valence-corrected chi connectivity index (χ3v) is 4.23. The van der Waals surface area contributed by atoms with Crippen LogP contribution in [0.1, 0.15) is 18.1 Å². The van der Waals surface area contributed by atoms with Crippen LogP contribution in [0.3, 0.4) is 0 Å². The minimum Gasteiger partial charge on any atom is -0.467 e. The van der Waals surface area contributed by atoms with Crippen molar-refractivity contribution < 1.29 is 9.53 Å². The van der Waals surface area contributed by atoms with E-state index in [4.69, 9.17) is 4.74 Å². The molecule has 0 spiro atoms. The van der Waals surface area contributed by atoms with Crippen LogP contribution in [0.25, 0.3) is 0 Å². The fraction of sp³-hybridized carbons (Fsp3) is 0.235. The van der Waals surface area contributed by atoms with Gasteiger partial charge in [-0.15, -0.1) is 0 Å². The predicted molar refractivity (Wildman–Crippen MR) is 88.3 cm³/mol. The number of halogens is 1. The molecular formula is C17H18BrNO2. The molecule has 0 fully saturated rings. The summed E-state index contributed by atoms with van der Waals surface area (Å²) >= 11 is 3.50. The molecule has 0 aliphatic rings. The molecule has 2 aromatic rings. The molecule has 110 valence electrons. The zero-order valence-electron chi connectivity index (χ0n) is 12.3. The van der Waals surface area contributed by atoms with E-state index in [9.17, 15) is 4.79 Å². The number of benzene rings is 2.